The van der Waals surface area contributed by atoms with Crippen LogP contribution >= 0.6 is 0 Å². The van der Waals surface area contributed by atoms with Crippen LogP contribution in [-0.4, -0.2) is 0 Å². The SMILES string of the molecule is [CH2]c1ccccc1C#CCc1ccccc1. The largest absolute Gasteiger partial charge is 0.0931 e. The summed E-state index contributed by atoms with van der Waals surface area (Å²) < 4.78 is 0. The van der Waals surface area contributed by atoms with Gasteiger partial charge in [0.15, 0.2) is 0 Å². The number of hydrogen-bond acceptors (Lipinski definition) is 0. The zero-order valence-corrected chi connectivity index (χ0v) is 9.11. The maximum atomic E-state index is 3.94. The van der Waals surface area contributed by atoms with Gasteiger partial charge < -0.3 is 0 Å². The average molecular weight is 205 g/mol. The summed E-state index contributed by atoms with van der Waals surface area (Å²) in [6, 6.07) is 18.2. The number of hydrogen-bond donors (Lipinski definition) is 0. The lowest BCUT2D eigenvalue weighted by molar-refractivity contribution is 1.32. The highest BCUT2D eigenvalue weighted by Gasteiger charge is 1.90. The van der Waals surface area contributed by atoms with E-state index in [2.05, 4.69) is 30.9 Å². The monoisotopic (exact) mass is 205 g/mol. The summed E-state index contributed by atoms with van der Waals surface area (Å²) >= 11 is 0. The minimum atomic E-state index is 0.787. The van der Waals surface area contributed by atoms with Crippen molar-refractivity contribution >= 4 is 0 Å². The van der Waals surface area contributed by atoms with Gasteiger partial charge in [0, 0.05) is 12.0 Å². The maximum Gasteiger partial charge on any atom is 0.0344 e. The molecule has 2 rings (SSSR count). The molecular weight excluding hydrogens is 192 g/mol. The van der Waals surface area contributed by atoms with Crippen molar-refractivity contribution in [1.82, 2.24) is 0 Å². The molecule has 16 heavy (non-hydrogen) atoms. The van der Waals surface area contributed by atoms with Gasteiger partial charge in [-0.25, -0.2) is 0 Å². The Morgan fingerprint density at radius 3 is 2.31 bits per heavy atom. The lowest BCUT2D eigenvalue weighted by atomic mass is 10.1. The van der Waals surface area contributed by atoms with Crippen molar-refractivity contribution in [2.75, 3.05) is 0 Å². The normalized spacial score (nSPS) is 9.31. The van der Waals surface area contributed by atoms with Crippen molar-refractivity contribution in [3.63, 3.8) is 0 Å². The van der Waals surface area contributed by atoms with E-state index in [-0.39, 0.29) is 0 Å². The van der Waals surface area contributed by atoms with Crippen LogP contribution in [0.1, 0.15) is 16.7 Å². The van der Waals surface area contributed by atoms with Gasteiger partial charge in [-0.2, -0.15) is 0 Å². The fraction of sp³-hybridized carbons (Fsp3) is 0.0625. The van der Waals surface area contributed by atoms with E-state index >= 15 is 0 Å². The summed E-state index contributed by atoms with van der Waals surface area (Å²) in [5.74, 6) is 6.32. The minimum absolute atomic E-state index is 0.787. The number of rotatable bonds is 1. The molecule has 2 aromatic rings. The quantitative estimate of drug-likeness (QED) is 0.625. The van der Waals surface area contributed by atoms with Crippen LogP contribution in [0.15, 0.2) is 54.6 Å². The van der Waals surface area contributed by atoms with Gasteiger partial charge in [0.05, 0.1) is 0 Å². The zero-order chi connectivity index (χ0) is 11.2. The van der Waals surface area contributed by atoms with E-state index in [1.54, 1.807) is 0 Å². The van der Waals surface area contributed by atoms with Crippen molar-refractivity contribution in [1.29, 1.82) is 0 Å². The van der Waals surface area contributed by atoms with Crippen LogP contribution in [0.25, 0.3) is 0 Å². The molecule has 0 heteroatoms. The van der Waals surface area contributed by atoms with Gasteiger partial charge in [0.2, 0.25) is 0 Å². The highest BCUT2D eigenvalue weighted by molar-refractivity contribution is 5.43. The van der Waals surface area contributed by atoms with Crippen molar-refractivity contribution in [2.24, 2.45) is 0 Å². The van der Waals surface area contributed by atoms with Gasteiger partial charge in [-0.15, -0.1) is 0 Å². The third-order valence-corrected chi connectivity index (χ3v) is 2.38. The van der Waals surface area contributed by atoms with Gasteiger partial charge in [0.1, 0.15) is 0 Å². The van der Waals surface area contributed by atoms with E-state index in [9.17, 15) is 0 Å². The number of benzene rings is 2. The summed E-state index contributed by atoms with van der Waals surface area (Å²) in [7, 11) is 0. The van der Waals surface area contributed by atoms with E-state index in [0.717, 1.165) is 17.5 Å². The Kier molecular flexibility index (Phi) is 3.41. The Hall–Kier alpha value is -2.00. The molecule has 0 aliphatic carbocycles. The second-order valence-electron chi connectivity index (χ2n) is 3.62. The molecule has 0 bridgehead atoms. The summed E-state index contributed by atoms with van der Waals surface area (Å²) in [5.41, 5.74) is 3.25. The molecule has 0 aliphatic rings. The first-order valence-corrected chi connectivity index (χ1v) is 5.30. The first-order chi connectivity index (χ1) is 7.86. The van der Waals surface area contributed by atoms with E-state index in [1.807, 2.05) is 42.5 Å². The van der Waals surface area contributed by atoms with Gasteiger partial charge in [0.25, 0.3) is 0 Å². The molecular formula is C16H13. The maximum absolute atomic E-state index is 3.94. The summed E-state index contributed by atoms with van der Waals surface area (Å²) in [6.07, 6.45) is 0.787. The molecule has 0 unspecified atom stereocenters. The molecule has 0 saturated carbocycles. The second kappa shape index (κ2) is 5.19. The molecule has 0 aromatic heterocycles. The Morgan fingerprint density at radius 2 is 1.56 bits per heavy atom. The minimum Gasteiger partial charge on any atom is -0.0931 e. The predicted octanol–water partition coefficient (Wildman–Crippen LogP) is 3.46. The van der Waals surface area contributed by atoms with Crippen molar-refractivity contribution in [3.05, 3.63) is 78.2 Å². The summed E-state index contributed by atoms with van der Waals surface area (Å²) in [6.45, 7) is 3.94. The van der Waals surface area contributed by atoms with Gasteiger partial charge in [-0.05, 0) is 24.1 Å². The third-order valence-electron chi connectivity index (χ3n) is 2.38. The highest BCUT2D eigenvalue weighted by Crippen LogP contribution is 2.05. The second-order valence-corrected chi connectivity index (χ2v) is 3.62. The first-order valence-electron chi connectivity index (χ1n) is 5.30. The summed E-state index contributed by atoms with van der Waals surface area (Å²) in [5, 5.41) is 0. The summed E-state index contributed by atoms with van der Waals surface area (Å²) in [4.78, 5) is 0. The molecule has 2 aromatic carbocycles. The molecule has 0 fully saturated rings. The van der Waals surface area contributed by atoms with Gasteiger partial charge >= 0.3 is 0 Å². The van der Waals surface area contributed by atoms with Crippen molar-refractivity contribution < 1.29 is 0 Å². The van der Waals surface area contributed by atoms with Crippen LogP contribution in [0.3, 0.4) is 0 Å². The Bertz CT molecular complexity index is 512. The van der Waals surface area contributed by atoms with Crippen LogP contribution in [0.5, 0.6) is 0 Å². The Morgan fingerprint density at radius 1 is 0.875 bits per heavy atom. The van der Waals surface area contributed by atoms with E-state index in [0.29, 0.717) is 0 Å². The molecule has 0 atom stereocenters. The fourth-order valence-corrected chi connectivity index (χ4v) is 1.48. The lowest BCUT2D eigenvalue weighted by Crippen LogP contribution is -1.82. The topological polar surface area (TPSA) is 0 Å². The van der Waals surface area contributed by atoms with E-state index < -0.39 is 0 Å². The van der Waals surface area contributed by atoms with Crippen LogP contribution in [0.2, 0.25) is 0 Å². The van der Waals surface area contributed by atoms with Gasteiger partial charge in [-0.1, -0.05) is 60.4 Å². The standard InChI is InChI=1S/C16H13/c1-14-8-5-6-12-16(14)13-7-11-15-9-3-2-4-10-15/h2-6,8-10,12H,1,11H2. The molecule has 0 heterocycles. The average Bonchev–Trinajstić information content (AvgIpc) is 2.33. The first kappa shape index (κ1) is 10.5. The molecule has 0 spiro atoms. The molecule has 0 N–H and O–H groups in total. The lowest BCUT2D eigenvalue weighted by Gasteiger charge is -1.95. The van der Waals surface area contributed by atoms with Crippen molar-refractivity contribution in [2.45, 2.75) is 6.42 Å². The van der Waals surface area contributed by atoms with Crippen LogP contribution < -0.4 is 0 Å². The van der Waals surface area contributed by atoms with E-state index in [4.69, 9.17) is 0 Å². The van der Waals surface area contributed by atoms with Crippen molar-refractivity contribution in [3.8, 4) is 11.8 Å². The fourth-order valence-electron chi connectivity index (χ4n) is 1.48. The molecule has 0 saturated heterocycles. The highest BCUT2D eigenvalue weighted by atomic mass is 13.9. The van der Waals surface area contributed by atoms with Crippen LogP contribution in [0, 0.1) is 18.8 Å². The Balaban J connectivity index is 2.10. The van der Waals surface area contributed by atoms with Gasteiger partial charge in [-0.3, -0.25) is 0 Å². The molecule has 0 amide bonds. The third kappa shape index (κ3) is 2.74. The van der Waals surface area contributed by atoms with Crippen LogP contribution in [0.4, 0.5) is 0 Å². The Labute approximate surface area is 96.9 Å². The van der Waals surface area contributed by atoms with E-state index in [1.165, 1.54) is 5.56 Å². The molecule has 0 nitrogen and oxygen atoms in total. The molecule has 77 valence electrons. The molecule has 1 radical (unpaired) electrons. The predicted molar refractivity (Wildman–Crippen MR) is 67.9 cm³/mol. The smallest absolute Gasteiger partial charge is 0.0344 e. The van der Waals surface area contributed by atoms with Crippen LogP contribution in [-0.2, 0) is 6.42 Å². The molecule has 0 aliphatic heterocycles. The zero-order valence-electron chi connectivity index (χ0n) is 9.11.